The van der Waals surface area contributed by atoms with E-state index in [1.165, 1.54) is 154 Å². The number of aliphatic hydroxyl groups excluding tert-OH is 1. The van der Waals surface area contributed by atoms with E-state index >= 15 is 0 Å². The lowest BCUT2D eigenvalue weighted by molar-refractivity contribution is -0.161. The van der Waals surface area contributed by atoms with Gasteiger partial charge in [0.1, 0.15) is 19.3 Å². The third kappa shape index (κ3) is 62.6. The molecular weight excluding hydrogens is 1150 g/mol. The highest BCUT2D eigenvalue weighted by molar-refractivity contribution is 7.47. The number of phosphoric ester groups is 2. The summed E-state index contributed by atoms with van der Waals surface area (Å²) >= 11 is 0. The van der Waals surface area contributed by atoms with Gasteiger partial charge in [-0.2, -0.15) is 0 Å². The van der Waals surface area contributed by atoms with Gasteiger partial charge in [0.15, 0.2) is 12.2 Å². The van der Waals surface area contributed by atoms with Crippen LogP contribution in [-0.4, -0.2) is 96.7 Å². The van der Waals surface area contributed by atoms with Crippen LogP contribution < -0.4 is 0 Å². The van der Waals surface area contributed by atoms with Crippen LogP contribution >= 0.6 is 15.6 Å². The zero-order valence-electron chi connectivity index (χ0n) is 56.3. The summed E-state index contributed by atoms with van der Waals surface area (Å²) in [5.74, 6) is -0.750. The maximum absolute atomic E-state index is 13.0. The quantitative estimate of drug-likeness (QED) is 0.0222. The molecule has 87 heavy (non-hydrogen) atoms. The van der Waals surface area contributed by atoms with Gasteiger partial charge in [0.25, 0.3) is 0 Å². The second-order valence-electron chi connectivity index (χ2n) is 25.5. The van der Waals surface area contributed by atoms with Gasteiger partial charge >= 0.3 is 39.5 Å². The van der Waals surface area contributed by atoms with E-state index in [1.54, 1.807) is 0 Å². The molecule has 0 heterocycles. The second kappa shape index (κ2) is 60.3. The van der Waals surface area contributed by atoms with Crippen LogP contribution in [0.5, 0.6) is 0 Å². The van der Waals surface area contributed by atoms with E-state index in [1.807, 2.05) is 0 Å². The maximum atomic E-state index is 13.0. The van der Waals surface area contributed by atoms with Crippen LogP contribution in [0.1, 0.15) is 343 Å². The van der Waals surface area contributed by atoms with Crippen LogP contribution in [0.15, 0.2) is 0 Å². The lowest BCUT2D eigenvalue weighted by Gasteiger charge is -2.21. The number of carbonyl (C=O) groups excluding carboxylic acids is 4. The van der Waals surface area contributed by atoms with Gasteiger partial charge in [0.2, 0.25) is 0 Å². The number of rotatable bonds is 67. The molecule has 0 saturated carbocycles. The Morgan fingerprint density at radius 1 is 0.310 bits per heavy atom. The average molecular weight is 1280 g/mol. The SMILES string of the molecule is CCCCCCCCCCCCCCCCCCCCCCCCC(=O)O[C@H](COC(=O)CCCCCCCCCCC(C)C)COP(=O)(O)OC[C@@H](O)COP(=O)(O)OC[C@@H](COC(=O)CCCCCCC)OC(=O)CCCCCCCCC(C)C. The van der Waals surface area contributed by atoms with E-state index < -0.39 is 97.5 Å². The molecule has 0 aliphatic rings. The molecule has 3 N–H and O–H groups in total. The van der Waals surface area contributed by atoms with Crippen molar-refractivity contribution < 1.29 is 80.2 Å². The molecule has 0 amide bonds. The molecule has 5 atom stereocenters. The van der Waals surface area contributed by atoms with Crippen LogP contribution in [0, 0.1) is 11.8 Å². The monoisotopic (exact) mass is 1280 g/mol. The molecule has 2 unspecified atom stereocenters. The number of ether oxygens (including phenoxy) is 4. The van der Waals surface area contributed by atoms with Crippen molar-refractivity contribution in [3.8, 4) is 0 Å². The third-order valence-electron chi connectivity index (χ3n) is 15.7. The number of hydrogen-bond donors (Lipinski definition) is 3. The Kier molecular flexibility index (Phi) is 59.0. The molecule has 0 spiro atoms. The lowest BCUT2D eigenvalue weighted by Crippen LogP contribution is -2.30. The van der Waals surface area contributed by atoms with E-state index in [0.717, 1.165) is 102 Å². The molecule has 0 saturated heterocycles. The molecule has 0 aromatic heterocycles. The molecule has 0 aliphatic heterocycles. The molecule has 0 aromatic carbocycles. The topological polar surface area (TPSA) is 237 Å². The molecule has 17 nitrogen and oxygen atoms in total. The molecule has 0 radical (unpaired) electrons. The summed E-state index contributed by atoms with van der Waals surface area (Å²) in [7, 11) is -9.88. The van der Waals surface area contributed by atoms with E-state index in [2.05, 4.69) is 41.5 Å². The van der Waals surface area contributed by atoms with Crippen LogP contribution in [0.2, 0.25) is 0 Å². The Hall–Kier alpha value is -1.94. The molecule has 0 aromatic rings. The molecule has 0 fully saturated rings. The predicted molar refractivity (Wildman–Crippen MR) is 349 cm³/mol. The first-order valence-electron chi connectivity index (χ1n) is 35.5. The highest BCUT2D eigenvalue weighted by Crippen LogP contribution is 2.45. The number of aliphatic hydroxyl groups is 1. The van der Waals surface area contributed by atoms with Gasteiger partial charge in [0, 0.05) is 25.7 Å². The summed E-state index contributed by atoms with van der Waals surface area (Å²) in [4.78, 5) is 72.0. The second-order valence-corrected chi connectivity index (χ2v) is 28.4. The van der Waals surface area contributed by atoms with Crippen molar-refractivity contribution in [3.63, 3.8) is 0 Å². The molecule has 516 valence electrons. The standard InChI is InChI=1S/C68H132O17P2/c1-7-9-11-13-14-15-16-17-18-19-20-21-22-23-24-25-26-27-28-33-40-46-52-67(72)84-64(57-79-66(71)51-45-39-32-30-29-31-37-42-48-60(3)4)59-83-87(76,77)81-55-62(69)54-80-86(74,75)82-58-63(56-78-65(70)50-44-36-12-10-8-2)85-68(73)53-47-41-35-34-38-43-49-61(5)6/h60-64,69H,7-59H2,1-6H3,(H,74,75)(H,76,77)/t62-,63+,64+/m0/s1. The van der Waals surface area contributed by atoms with Crippen LogP contribution in [0.25, 0.3) is 0 Å². The number of unbranched alkanes of at least 4 members (excludes halogenated alkanes) is 37. The van der Waals surface area contributed by atoms with E-state index in [-0.39, 0.29) is 25.7 Å². The van der Waals surface area contributed by atoms with Gasteiger partial charge in [-0.3, -0.25) is 37.3 Å². The summed E-state index contributed by atoms with van der Waals surface area (Å²) in [5, 5.41) is 10.5. The third-order valence-corrected chi connectivity index (χ3v) is 17.6. The van der Waals surface area contributed by atoms with E-state index in [4.69, 9.17) is 37.0 Å². The number of esters is 4. The highest BCUT2D eigenvalue weighted by atomic mass is 31.2. The summed E-state index contributed by atoms with van der Waals surface area (Å²) in [6, 6.07) is 0. The van der Waals surface area contributed by atoms with Crippen molar-refractivity contribution in [1.82, 2.24) is 0 Å². The summed E-state index contributed by atoms with van der Waals surface area (Å²) in [6.07, 6.45) is 45.4. The minimum Gasteiger partial charge on any atom is -0.462 e. The summed E-state index contributed by atoms with van der Waals surface area (Å²) in [6.45, 7) is 9.30. The maximum Gasteiger partial charge on any atom is 0.472 e. The Bertz CT molecular complexity index is 1700. The van der Waals surface area contributed by atoms with Crippen molar-refractivity contribution in [1.29, 1.82) is 0 Å². The van der Waals surface area contributed by atoms with Crippen molar-refractivity contribution in [2.75, 3.05) is 39.6 Å². The van der Waals surface area contributed by atoms with Crippen molar-refractivity contribution in [2.45, 2.75) is 362 Å². The highest BCUT2D eigenvalue weighted by Gasteiger charge is 2.30. The van der Waals surface area contributed by atoms with Gasteiger partial charge in [-0.05, 0) is 37.5 Å². The fourth-order valence-corrected chi connectivity index (χ4v) is 11.8. The Morgan fingerprint density at radius 3 is 0.782 bits per heavy atom. The Labute approximate surface area is 530 Å². The van der Waals surface area contributed by atoms with Crippen LogP contribution in [-0.2, 0) is 65.4 Å². The predicted octanol–water partition coefficient (Wildman–Crippen LogP) is 19.2. The molecule has 0 aliphatic carbocycles. The summed E-state index contributed by atoms with van der Waals surface area (Å²) in [5.41, 5.74) is 0. The molecule has 0 rings (SSSR count). The largest absolute Gasteiger partial charge is 0.472 e. The van der Waals surface area contributed by atoms with Gasteiger partial charge in [-0.1, -0.05) is 292 Å². The number of hydrogen-bond acceptors (Lipinski definition) is 15. The van der Waals surface area contributed by atoms with Crippen molar-refractivity contribution in [2.24, 2.45) is 11.8 Å². The summed E-state index contributed by atoms with van der Waals surface area (Å²) < 4.78 is 67.9. The minimum atomic E-state index is -4.95. The van der Waals surface area contributed by atoms with Gasteiger partial charge in [-0.15, -0.1) is 0 Å². The van der Waals surface area contributed by atoms with Crippen LogP contribution in [0.4, 0.5) is 0 Å². The minimum absolute atomic E-state index is 0.101. The first-order chi connectivity index (χ1) is 41.9. The zero-order valence-corrected chi connectivity index (χ0v) is 58.1. The normalized spacial score (nSPS) is 14.2. The Morgan fingerprint density at radius 2 is 0.529 bits per heavy atom. The molecular formula is C68H132O17P2. The van der Waals surface area contributed by atoms with Crippen molar-refractivity contribution >= 4 is 39.5 Å². The van der Waals surface area contributed by atoms with Gasteiger partial charge in [0.05, 0.1) is 26.4 Å². The smallest absolute Gasteiger partial charge is 0.462 e. The van der Waals surface area contributed by atoms with Crippen molar-refractivity contribution in [3.05, 3.63) is 0 Å². The number of phosphoric acid groups is 2. The fourth-order valence-electron chi connectivity index (χ4n) is 10.2. The lowest BCUT2D eigenvalue weighted by atomic mass is 10.0. The first kappa shape index (κ1) is 85.1. The average Bonchev–Trinajstić information content (AvgIpc) is 3.62. The first-order valence-corrected chi connectivity index (χ1v) is 38.5. The zero-order chi connectivity index (χ0) is 64.3. The van der Waals surface area contributed by atoms with Crippen LogP contribution in [0.3, 0.4) is 0 Å². The van der Waals surface area contributed by atoms with E-state index in [0.29, 0.717) is 31.6 Å². The fraction of sp³-hybridized carbons (Fsp3) is 0.941. The Balaban J connectivity index is 5.06. The van der Waals surface area contributed by atoms with Gasteiger partial charge in [-0.25, -0.2) is 9.13 Å². The van der Waals surface area contributed by atoms with E-state index in [9.17, 15) is 43.2 Å². The number of carbonyl (C=O) groups is 4. The molecule has 0 bridgehead atoms. The molecule has 19 heteroatoms. The van der Waals surface area contributed by atoms with Gasteiger partial charge < -0.3 is 33.8 Å².